The van der Waals surface area contributed by atoms with Crippen LogP contribution in [-0.2, 0) is 4.79 Å². The van der Waals surface area contributed by atoms with Gasteiger partial charge in [0, 0.05) is 11.7 Å². The Balaban J connectivity index is 1.45. The van der Waals surface area contributed by atoms with Gasteiger partial charge in [-0.25, -0.2) is 13.5 Å². The minimum Gasteiger partial charge on any atom is -0.325 e. The third kappa shape index (κ3) is 5.31. The van der Waals surface area contributed by atoms with Gasteiger partial charge in [0.15, 0.2) is 0 Å². The Bertz CT molecular complexity index is 1190. The minimum atomic E-state index is -0.625. The average molecular weight is 468 g/mol. The zero-order valence-electron chi connectivity index (χ0n) is 19.1. The molecule has 3 aromatic rings. The third-order valence-electron chi connectivity index (χ3n) is 6.11. The molecule has 2 aromatic carbocycles. The van der Waals surface area contributed by atoms with Crippen LogP contribution >= 0.6 is 0 Å². The lowest BCUT2D eigenvalue weighted by Crippen LogP contribution is -2.42. The van der Waals surface area contributed by atoms with E-state index in [2.05, 4.69) is 27.6 Å². The van der Waals surface area contributed by atoms with E-state index in [1.165, 1.54) is 47.6 Å². The molecular weight excluding hydrogens is 440 g/mol. The van der Waals surface area contributed by atoms with Gasteiger partial charge in [-0.15, -0.1) is 0 Å². The average Bonchev–Trinajstić information content (AvgIpc) is 3.19. The Morgan fingerprint density at radius 3 is 2.59 bits per heavy atom. The molecule has 2 heterocycles. The first-order valence-electron chi connectivity index (χ1n) is 11.3. The highest BCUT2D eigenvalue weighted by atomic mass is 19.1. The predicted octanol–water partition coefficient (Wildman–Crippen LogP) is 4.52. The van der Waals surface area contributed by atoms with Crippen molar-refractivity contribution in [1.29, 1.82) is 0 Å². The number of likely N-dealkylation sites (tertiary alicyclic amines) is 1. The molecule has 1 aliphatic rings. The van der Waals surface area contributed by atoms with Gasteiger partial charge in [-0.2, -0.15) is 5.10 Å². The van der Waals surface area contributed by atoms with Crippen LogP contribution in [0.15, 0.2) is 48.7 Å². The zero-order chi connectivity index (χ0) is 24.2. The minimum absolute atomic E-state index is 0.0527. The Morgan fingerprint density at radius 1 is 1.09 bits per heavy atom. The van der Waals surface area contributed by atoms with E-state index in [0.717, 1.165) is 19.4 Å². The molecule has 178 valence electrons. The molecule has 2 amide bonds. The molecule has 1 unspecified atom stereocenters. The predicted molar refractivity (Wildman–Crippen MR) is 126 cm³/mol. The molecule has 7 nitrogen and oxygen atoms in total. The molecule has 2 N–H and O–H groups in total. The maximum Gasteiger partial charge on any atom is 0.259 e. The quantitative estimate of drug-likeness (QED) is 0.559. The maximum atomic E-state index is 14.4. The van der Waals surface area contributed by atoms with Gasteiger partial charge in [0.05, 0.1) is 35.4 Å². The van der Waals surface area contributed by atoms with Crippen molar-refractivity contribution in [2.45, 2.75) is 39.2 Å². The van der Waals surface area contributed by atoms with Crippen molar-refractivity contribution in [3.63, 3.8) is 0 Å². The number of carbonyl (C=O) groups excluding carboxylic acids is 2. The van der Waals surface area contributed by atoms with E-state index in [-0.39, 0.29) is 29.5 Å². The van der Waals surface area contributed by atoms with Crippen LogP contribution in [0.4, 0.5) is 20.2 Å². The number of amides is 2. The molecule has 1 fully saturated rings. The van der Waals surface area contributed by atoms with Crippen molar-refractivity contribution in [1.82, 2.24) is 14.7 Å². The van der Waals surface area contributed by atoms with Gasteiger partial charge in [0.2, 0.25) is 5.91 Å². The Kier molecular flexibility index (Phi) is 7.02. The van der Waals surface area contributed by atoms with Crippen LogP contribution in [0.2, 0.25) is 0 Å². The lowest BCUT2D eigenvalue weighted by Gasteiger charge is -2.32. The second-order valence-corrected chi connectivity index (χ2v) is 8.54. The van der Waals surface area contributed by atoms with Gasteiger partial charge in [0.25, 0.3) is 5.91 Å². The van der Waals surface area contributed by atoms with Crippen LogP contribution in [0, 0.1) is 18.6 Å². The van der Waals surface area contributed by atoms with Crippen LogP contribution < -0.4 is 10.6 Å². The summed E-state index contributed by atoms with van der Waals surface area (Å²) in [5.74, 6) is -1.73. The number of rotatable bonds is 6. The maximum absolute atomic E-state index is 14.4. The number of nitrogens with one attached hydrogen (secondary N) is 2. The zero-order valence-corrected chi connectivity index (χ0v) is 19.1. The largest absolute Gasteiger partial charge is 0.325 e. The monoisotopic (exact) mass is 467 g/mol. The van der Waals surface area contributed by atoms with Gasteiger partial charge in [0.1, 0.15) is 11.6 Å². The number of anilines is 2. The van der Waals surface area contributed by atoms with Crippen LogP contribution in [0.25, 0.3) is 5.69 Å². The van der Waals surface area contributed by atoms with Gasteiger partial charge >= 0.3 is 0 Å². The second kappa shape index (κ2) is 10.1. The van der Waals surface area contributed by atoms with E-state index in [9.17, 15) is 18.4 Å². The van der Waals surface area contributed by atoms with E-state index in [1.54, 1.807) is 19.1 Å². The van der Waals surface area contributed by atoms with Crippen molar-refractivity contribution in [3.8, 4) is 5.69 Å². The number of halogens is 2. The highest BCUT2D eigenvalue weighted by Crippen LogP contribution is 2.22. The van der Waals surface area contributed by atoms with E-state index >= 15 is 0 Å². The third-order valence-corrected chi connectivity index (χ3v) is 6.11. The van der Waals surface area contributed by atoms with E-state index in [0.29, 0.717) is 23.1 Å². The highest BCUT2D eigenvalue weighted by Gasteiger charge is 2.21. The smallest absolute Gasteiger partial charge is 0.259 e. The Hall–Kier alpha value is -3.59. The van der Waals surface area contributed by atoms with E-state index < -0.39 is 11.7 Å². The summed E-state index contributed by atoms with van der Waals surface area (Å²) in [5.41, 5.74) is 1.70. The first kappa shape index (κ1) is 23.6. The summed E-state index contributed by atoms with van der Waals surface area (Å²) in [6, 6.07) is 10.1. The summed E-state index contributed by atoms with van der Waals surface area (Å²) in [4.78, 5) is 27.5. The normalized spacial score (nSPS) is 16.3. The van der Waals surface area contributed by atoms with Crippen LogP contribution in [0.3, 0.4) is 0 Å². The molecule has 34 heavy (non-hydrogen) atoms. The molecule has 0 spiro atoms. The standard InChI is InChI=1S/C25H27F2N5O2/c1-16-5-3-4-12-31(16)15-24(33)29-19-8-11-22(27)23(13-19)30-25(34)21-14-28-32(17(21)2)20-9-6-18(26)7-10-20/h6-11,13-14,16H,3-5,12,15H2,1-2H3,(H,29,33)(H,30,34). The summed E-state index contributed by atoms with van der Waals surface area (Å²) in [6.45, 7) is 4.95. The summed E-state index contributed by atoms with van der Waals surface area (Å²) in [6.07, 6.45) is 4.68. The highest BCUT2D eigenvalue weighted by molar-refractivity contribution is 6.05. The molecule has 1 atom stereocenters. The van der Waals surface area contributed by atoms with Crippen molar-refractivity contribution in [3.05, 3.63) is 71.6 Å². The van der Waals surface area contributed by atoms with Crippen molar-refractivity contribution < 1.29 is 18.4 Å². The van der Waals surface area contributed by atoms with Crippen molar-refractivity contribution in [2.24, 2.45) is 0 Å². The van der Waals surface area contributed by atoms with Gasteiger partial charge in [-0.3, -0.25) is 14.5 Å². The van der Waals surface area contributed by atoms with E-state index in [1.807, 2.05) is 0 Å². The van der Waals surface area contributed by atoms with Crippen LogP contribution in [-0.4, -0.2) is 45.6 Å². The summed E-state index contributed by atoms with van der Waals surface area (Å²) in [7, 11) is 0. The molecule has 9 heteroatoms. The summed E-state index contributed by atoms with van der Waals surface area (Å²) >= 11 is 0. The lowest BCUT2D eigenvalue weighted by molar-refractivity contribution is -0.118. The number of piperidine rings is 1. The molecule has 0 saturated carbocycles. The molecule has 0 aliphatic carbocycles. The fourth-order valence-corrected chi connectivity index (χ4v) is 4.14. The summed E-state index contributed by atoms with van der Waals surface area (Å²) in [5, 5.41) is 9.54. The second-order valence-electron chi connectivity index (χ2n) is 8.54. The van der Waals surface area contributed by atoms with E-state index in [4.69, 9.17) is 0 Å². The molecule has 4 rings (SSSR count). The SMILES string of the molecule is Cc1c(C(=O)Nc2cc(NC(=O)CN3CCCCC3C)ccc2F)cnn1-c1ccc(F)cc1. The van der Waals surface area contributed by atoms with Gasteiger partial charge < -0.3 is 10.6 Å². The summed E-state index contributed by atoms with van der Waals surface area (Å²) < 4.78 is 29.1. The van der Waals surface area contributed by atoms with Crippen molar-refractivity contribution >= 4 is 23.2 Å². The van der Waals surface area contributed by atoms with Crippen molar-refractivity contribution in [2.75, 3.05) is 23.7 Å². The fraction of sp³-hybridized carbons (Fsp3) is 0.320. The molecule has 0 bridgehead atoms. The molecule has 1 aromatic heterocycles. The lowest BCUT2D eigenvalue weighted by atomic mass is 10.0. The van der Waals surface area contributed by atoms with Gasteiger partial charge in [-0.05, 0) is 75.7 Å². The number of hydrogen-bond acceptors (Lipinski definition) is 4. The number of aromatic nitrogens is 2. The molecular formula is C25H27F2N5O2. The molecule has 0 radical (unpaired) electrons. The number of nitrogens with zero attached hydrogens (tertiary/aromatic N) is 3. The number of carbonyl (C=O) groups is 2. The Labute approximate surface area is 196 Å². The number of hydrogen-bond donors (Lipinski definition) is 2. The molecule has 1 saturated heterocycles. The Morgan fingerprint density at radius 2 is 1.85 bits per heavy atom. The topological polar surface area (TPSA) is 79.3 Å². The van der Waals surface area contributed by atoms with Crippen LogP contribution in [0.1, 0.15) is 42.2 Å². The molecule has 1 aliphatic heterocycles. The van der Waals surface area contributed by atoms with Gasteiger partial charge in [-0.1, -0.05) is 6.42 Å². The first-order chi connectivity index (χ1) is 16.3. The first-order valence-corrected chi connectivity index (χ1v) is 11.3. The van der Waals surface area contributed by atoms with Crippen LogP contribution in [0.5, 0.6) is 0 Å². The number of benzene rings is 2. The fourth-order valence-electron chi connectivity index (χ4n) is 4.14.